The van der Waals surface area contributed by atoms with Crippen LogP contribution in [-0.4, -0.2) is 28.9 Å². The number of furan rings is 1. The molecule has 1 unspecified atom stereocenters. The Morgan fingerprint density at radius 3 is 2.42 bits per heavy atom. The van der Waals surface area contributed by atoms with Crippen LogP contribution in [0.2, 0.25) is 0 Å². The van der Waals surface area contributed by atoms with Gasteiger partial charge in [0.2, 0.25) is 5.91 Å². The van der Waals surface area contributed by atoms with Crippen molar-refractivity contribution in [1.29, 1.82) is 0 Å². The minimum absolute atomic E-state index is 0.184. The van der Waals surface area contributed by atoms with Gasteiger partial charge in [0.1, 0.15) is 5.76 Å². The lowest BCUT2D eigenvalue weighted by Gasteiger charge is -2.23. The van der Waals surface area contributed by atoms with Crippen LogP contribution in [0.15, 0.2) is 71.3 Å². The summed E-state index contributed by atoms with van der Waals surface area (Å²) in [6.45, 7) is 2.96. The molecule has 2 amide bonds. The molecule has 2 heterocycles. The molecule has 0 saturated heterocycles. The van der Waals surface area contributed by atoms with Gasteiger partial charge in [0.05, 0.1) is 23.0 Å². The van der Waals surface area contributed by atoms with Gasteiger partial charge < -0.3 is 19.8 Å². The number of carbonyl (C=O) groups is 3. The summed E-state index contributed by atoms with van der Waals surface area (Å²) in [5.74, 6) is -0.488. The quantitative estimate of drug-likeness (QED) is 0.316. The van der Waals surface area contributed by atoms with Gasteiger partial charge in [-0.25, -0.2) is 9.78 Å². The Balaban J connectivity index is 1.40. The minimum atomic E-state index is -1.04. The van der Waals surface area contributed by atoms with E-state index in [1.807, 2.05) is 42.5 Å². The monoisotopic (exact) mass is 509 g/mol. The zero-order valence-corrected chi connectivity index (χ0v) is 21.1. The van der Waals surface area contributed by atoms with E-state index in [4.69, 9.17) is 14.1 Å². The van der Waals surface area contributed by atoms with Crippen LogP contribution in [0.1, 0.15) is 54.1 Å². The number of para-hydroxylation sites is 1. The fraction of sp³-hybridized carbons (Fsp3) is 0.200. The molecule has 2 aromatic carbocycles. The Bertz CT molecular complexity index is 1540. The van der Waals surface area contributed by atoms with Crippen LogP contribution in [0.5, 0.6) is 0 Å². The molecule has 2 aromatic heterocycles. The van der Waals surface area contributed by atoms with Gasteiger partial charge in [-0.05, 0) is 85.9 Å². The minimum Gasteiger partial charge on any atom is -0.465 e. The zero-order valence-electron chi connectivity index (χ0n) is 21.1. The van der Waals surface area contributed by atoms with Crippen molar-refractivity contribution >= 4 is 51.7 Å². The first kappa shape index (κ1) is 25.0. The highest BCUT2D eigenvalue weighted by atomic mass is 16.5. The first-order chi connectivity index (χ1) is 18.4. The second-order valence-corrected chi connectivity index (χ2v) is 9.16. The summed E-state index contributed by atoms with van der Waals surface area (Å²) in [6, 6.07) is 17.8. The lowest BCUT2D eigenvalue weighted by Crippen LogP contribution is -2.30. The normalized spacial score (nSPS) is 14.5. The lowest BCUT2D eigenvalue weighted by molar-refractivity contribution is -0.123. The van der Waals surface area contributed by atoms with Gasteiger partial charge in [0.25, 0.3) is 5.91 Å². The number of rotatable bonds is 6. The molecule has 192 valence electrons. The molecular weight excluding hydrogens is 482 g/mol. The first-order valence-corrected chi connectivity index (χ1v) is 12.4. The Morgan fingerprint density at radius 2 is 1.71 bits per heavy atom. The van der Waals surface area contributed by atoms with E-state index < -0.39 is 18.0 Å². The average Bonchev–Trinajstić information content (AvgIpc) is 3.41. The van der Waals surface area contributed by atoms with E-state index in [2.05, 4.69) is 10.6 Å². The number of hydrogen-bond donors (Lipinski definition) is 2. The predicted octanol–water partition coefficient (Wildman–Crippen LogP) is 5.85. The van der Waals surface area contributed by atoms with Gasteiger partial charge in [-0.15, -0.1) is 0 Å². The van der Waals surface area contributed by atoms with Crippen molar-refractivity contribution < 1.29 is 23.5 Å². The van der Waals surface area contributed by atoms with Crippen LogP contribution in [0.25, 0.3) is 22.6 Å². The molecule has 5 rings (SSSR count). The molecule has 1 aliphatic rings. The molecule has 0 aliphatic heterocycles. The maximum absolute atomic E-state index is 13.6. The zero-order chi connectivity index (χ0) is 26.6. The number of amides is 2. The molecule has 8 nitrogen and oxygen atoms in total. The highest BCUT2D eigenvalue weighted by molar-refractivity contribution is 6.07. The number of aromatic nitrogens is 1. The van der Waals surface area contributed by atoms with Crippen LogP contribution in [0, 0.1) is 0 Å². The molecule has 0 bridgehead atoms. The van der Waals surface area contributed by atoms with E-state index in [9.17, 15) is 14.4 Å². The number of esters is 1. The highest BCUT2D eigenvalue weighted by Gasteiger charge is 2.28. The number of ether oxygens (including phenoxy) is 1. The number of carbonyl (C=O) groups excluding carboxylic acids is 3. The number of hydrogen-bond acceptors (Lipinski definition) is 6. The maximum Gasteiger partial charge on any atom is 0.339 e. The van der Waals surface area contributed by atoms with Crippen molar-refractivity contribution in [2.24, 2.45) is 0 Å². The number of allylic oxidation sites excluding steroid dienone is 1. The van der Waals surface area contributed by atoms with E-state index >= 15 is 0 Å². The fourth-order valence-electron chi connectivity index (χ4n) is 4.61. The van der Waals surface area contributed by atoms with Crippen molar-refractivity contribution in [2.75, 3.05) is 10.6 Å². The number of anilines is 2. The molecule has 4 aromatic rings. The van der Waals surface area contributed by atoms with E-state index in [-0.39, 0.29) is 5.91 Å². The Kier molecular flexibility index (Phi) is 7.04. The van der Waals surface area contributed by atoms with Gasteiger partial charge >= 0.3 is 5.97 Å². The molecule has 2 N–H and O–H groups in total. The van der Waals surface area contributed by atoms with Crippen molar-refractivity contribution in [1.82, 2.24) is 4.98 Å². The van der Waals surface area contributed by atoms with E-state index in [1.54, 1.807) is 30.5 Å². The van der Waals surface area contributed by atoms with Gasteiger partial charge in [-0.1, -0.05) is 18.2 Å². The lowest BCUT2D eigenvalue weighted by atomic mass is 9.86. The highest BCUT2D eigenvalue weighted by Crippen LogP contribution is 2.36. The topological polar surface area (TPSA) is 111 Å². The van der Waals surface area contributed by atoms with Crippen LogP contribution < -0.4 is 10.6 Å². The molecule has 0 radical (unpaired) electrons. The third-order valence-corrected chi connectivity index (χ3v) is 6.36. The molecule has 1 aliphatic carbocycles. The van der Waals surface area contributed by atoms with E-state index in [1.165, 1.54) is 13.8 Å². The Labute approximate surface area is 219 Å². The number of nitrogens with one attached hydrogen (secondary N) is 2. The first-order valence-electron chi connectivity index (χ1n) is 12.4. The molecule has 0 fully saturated rings. The standard InChI is InChI=1S/C30H27N3O5/c1-18(29(35)32-22-14-12-21(13-15-22)31-19(2)34)38-30(36)27-24-9-3-4-11-26(24)33-28-20(7-5-10-25(27)28)17-23-8-6-16-37-23/h3-4,6,8-9,11-18H,5,7,10H2,1-2H3,(H,31,34)(H,32,35). The summed E-state index contributed by atoms with van der Waals surface area (Å²) >= 11 is 0. The molecule has 1 atom stereocenters. The van der Waals surface area contributed by atoms with Crippen LogP contribution in [0.3, 0.4) is 0 Å². The summed E-state index contributed by atoms with van der Waals surface area (Å²) in [6.07, 6.45) is 4.88. The van der Waals surface area contributed by atoms with Crippen molar-refractivity contribution in [2.45, 2.75) is 39.2 Å². The van der Waals surface area contributed by atoms with Gasteiger partial charge in [-0.3, -0.25) is 9.59 Å². The summed E-state index contributed by atoms with van der Waals surface area (Å²) in [4.78, 5) is 42.5. The van der Waals surface area contributed by atoms with E-state index in [0.29, 0.717) is 34.3 Å². The molecule has 8 heteroatoms. The predicted molar refractivity (Wildman–Crippen MR) is 146 cm³/mol. The Morgan fingerprint density at radius 1 is 0.974 bits per heavy atom. The van der Waals surface area contributed by atoms with Gasteiger partial charge in [0.15, 0.2) is 6.10 Å². The molecular formula is C30H27N3O5. The summed E-state index contributed by atoms with van der Waals surface area (Å²) in [7, 11) is 0. The van der Waals surface area contributed by atoms with Crippen LogP contribution in [-0.2, 0) is 20.7 Å². The third kappa shape index (κ3) is 5.34. The van der Waals surface area contributed by atoms with Crippen LogP contribution >= 0.6 is 0 Å². The number of pyridine rings is 1. The average molecular weight is 510 g/mol. The van der Waals surface area contributed by atoms with Gasteiger partial charge in [-0.2, -0.15) is 0 Å². The third-order valence-electron chi connectivity index (χ3n) is 6.36. The van der Waals surface area contributed by atoms with Crippen LogP contribution in [0.4, 0.5) is 11.4 Å². The summed E-state index contributed by atoms with van der Waals surface area (Å²) in [5.41, 5.74) is 4.83. The second-order valence-electron chi connectivity index (χ2n) is 9.16. The van der Waals surface area contributed by atoms with Crippen molar-refractivity contribution in [3.05, 3.63) is 89.5 Å². The molecule has 38 heavy (non-hydrogen) atoms. The number of benzene rings is 2. The van der Waals surface area contributed by atoms with Crippen molar-refractivity contribution in [3.63, 3.8) is 0 Å². The maximum atomic E-state index is 13.6. The fourth-order valence-corrected chi connectivity index (χ4v) is 4.61. The molecule has 0 spiro atoms. The summed E-state index contributed by atoms with van der Waals surface area (Å²) < 4.78 is 11.2. The van der Waals surface area contributed by atoms with Gasteiger partial charge in [0, 0.05) is 23.7 Å². The number of fused-ring (bicyclic) bond motifs is 2. The SMILES string of the molecule is CC(=O)Nc1ccc(NC(=O)C(C)OC(=O)c2c3c(nc4ccccc24)C(=Cc2ccco2)CCC3)cc1. The second kappa shape index (κ2) is 10.7. The summed E-state index contributed by atoms with van der Waals surface area (Å²) in [5, 5.41) is 6.11. The van der Waals surface area contributed by atoms with Crippen molar-refractivity contribution in [3.8, 4) is 0 Å². The molecule has 0 saturated carbocycles. The smallest absolute Gasteiger partial charge is 0.339 e. The Hall–Kier alpha value is -4.72. The largest absolute Gasteiger partial charge is 0.465 e. The number of nitrogens with zero attached hydrogens (tertiary/aromatic N) is 1. The van der Waals surface area contributed by atoms with E-state index in [0.717, 1.165) is 35.4 Å².